The van der Waals surface area contributed by atoms with E-state index in [0.29, 0.717) is 12.3 Å². The fourth-order valence-electron chi connectivity index (χ4n) is 6.08. The third-order valence-electron chi connectivity index (χ3n) is 7.76. The van der Waals surface area contributed by atoms with Crippen molar-refractivity contribution in [1.29, 1.82) is 5.26 Å². The van der Waals surface area contributed by atoms with Gasteiger partial charge in [0, 0.05) is 17.0 Å². The van der Waals surface area contributed by atoms with E-state index in [1.165, 1.54) is 49.5 Å². The predicted octanol–water partition coefficient (Wildman–Crippen LogP) is 8.27. The van der Waals surface area contributed by atoms with E-state index in [9.17, 15) is 5.26 Å². The fourth-order valence-corrected chi connectivity index (χ4v) is 6.08. The van der Waals surface area contributed by atoms with Crippen LogP contribution in [-0.4, -0.2) is 0 Å². The van der Waals surface area contributed by atoms with Crippen LogP contribution in [0.2, 0.25) is 0 Å². The zero-order chi connectivity index (χ0) is 25.4. The van der Waals surface area contributed by atoms with E-state index >= 15 is 0 Å². The summed E-state index contributed by atoms with van der Waals surface area (Å²) in [6.07, 6.45) is 2.86. The van der Waals surface area contributed by atoms with E-state index in [1.54, 1.807) is 0 Å². The Morgan fingerprint density at radius 3 is 2.39 bits per heavy atom. The molecule has 0 amide bonds. The maximum Gasteiger partial charge on any atom is 0.228 e. The van der Waals surface area contributed by atoms with E-state index < -0.39 is 5.41 Å². The van der Waals surface area contributed by atoms with Gasteiger partial charge in [-0.05, 0) is 71.8 Å². The average Bonchev–Trinajstić information content (AvgIpc) is 2.85. The predicted molar refractivity (Wildman–Crippen MR) is 148 cm³/mol. The van der Waals surface area contributed by atoms with E-state index in [4.69, 9.17) is 4.74 Å². The number of hydrogen-bond acceptors (Lipinski definition) is 2. The van der Waals surface area contributed by atoms with Crippen LogP contribution in [0.15, 0.2) is 60.8 Å². The van der Waals surface area contributed by atoms with Gasteiger partial charge in [-0.25, -0.2) is 4.57 Å². The number of rotatable bonds is 3. The Hall–Kier alpha value is -3.90. The molecule has 0 unspecified atom stereocenters. The molecule has 36 heavy (non-hydrogen) atoms. The Morgan fingerprint density at radius 2 is 1.67 bits per heavy atom. The van der Waals surface area contributed by atoms with E-state index in [0.717, 1.165) is 22.3 Å². The first-order valence-corrected chi connectivity index (χ1v) is 12.7. The minimum absolute atomic E-state index is 0.308. The number of aryl methyl sites for hydroxylation is 2. The Labute approximate surface area is 212 Å². The molecule has 4 aromatic carbocycles. The van der Waals surface area contributed by atoms with Crippen molar-refractivity contribution >= 4 is 32.3 Å². The molecule has 0 aliphatic carbocycles. The van der Waals surface area contributed by atoms with Crippen LogP contribution >= 0.6 is 0 Å². The molecule has 1 aromatic heterocycles. The number of pyridine rings is 1. The Kier molecular flexibility index (Phi) is 4.89. The first kappa shape index (κ1) is 22.6. The van der Waals surface area contributed by atoms with Crippen LogP contribution in [0.1, 0.15) is 50.3 Å². The highest BCUT2D eigenvalue weighted by molar-refractivity contribution is 6.16. The molecule has 0 atom stereocenters. The summed E-state index contributed by atoms with van der Waals surface area (Å²) in [5.41, 5.74) is 5.65. The molecule has 0 N–H and O–H groups in total. The zero-order valence-corrected chi connectivity index (χ0v) is 21.9. The summed E-state index contributed by atoms with van der Waals surface area (Å²) in [5.74, 6) is 2.18. The average molecular weight is 472 g/mol. The molecule has 2 heterocycles. The molecule has 0 saturated carbocycles. The van der Waals surface area contributed by atoms with Gasteiger partial charge in [0.25, 0.3) is 0 Å². The summed E-state index contributed by atoms with van der Waals surface area (Å²) >= 11 is 0. The largest absolute Gasteiger partial charge is 0.455 e. The summed E-state index contributed by atoms with van der Waals surface area (Å²) in [5, 5.41) is 17.0. The summed E-state index contributed by atoms with van der Waals surface area (Å²) < 4.78 is 9.17. The van der Waals surface area contributed by atoms with Gasteiger partial charge in [0.15, 0.2) is 6.20 Å². The van der Waals surface area contributed by atoms with Gasteiger partial charge in [0.05, 0.1) is 22.4 Å². The third-order valence-corrected chi connectivity index (χ3v) is 7.76. The van der Waals surface area contributed by atoms with Crippen molar-refractivity contribution in [2.24, 2.45) is 12.5 Å². The summed E-state index contributed by atoms with van der Waals surface area (Å²) in [4.78, 5) is 0. The van der Waals surface area contributed by atoms with Crippen LogP contribution in [0.25, 0.3) is 43.6 Å². The Morgan fingerprint density at radius 1 is 0.944 bits per heavy atom. The zero-order valence-electron chi connectivity index (χ0n) is 21.9. The highest BCUT2D eigenvalue weighted by atomic mass is 16.5. The first-order chi connectivity index (χ1) is 17.2. The molecule has 6 rings (SSSR count). The van der Waals surface area contributed by atoms with Gasteiger partial charge in [-0.15, -0.1) is 0 Å². The van der Waals surface area contributed by atoms with Crippen molar-refractivity contribution in [3.63, 3.8) is 0 Å². The fraction of sp³-hybridized carbons (Fsp3) is 0.273. The number of aromatic nitrogens is 1. The molecule has 0 spiro atoms. The van der Waals surface area contributed by atoms with Crippen LogP contribution in [0.4, 0.5) is 0 Å². The molecule has 0 bridgehead atoms. The van der Waals surface area contributed by atoms with Crippen LogP contribution in [-0.2, 0) is 13.5 Å². The van der Waals surface area contributed by atoms with Crippen LogP contribution in [0, 0.1) is 23.7 Å². The van der Waals surface area contributed by atoms with E-state index in [2.05, 4.69) is 99.2 Å². The van der Waals surface area contributed by atoms with Gasteiger partial charge < -0.3 is 4.74 Å². The van der Waals surface area contributed by atoms with Crippen LogP contribution < -0.4 is 9.30 Å². The van der Waals surface area contributed by atoms with Crippen molar-refractivity contribution in [3.05, 3.63) is 77.5 Å². The second-order valence-electron chi connectivity index (χ2n) is 11.2. The molecule has 1 aliphatic rings. The van der Waals surface area contributed by atoms with Gasteiger partial charge in [-0.1, -0.05) is 56.3 Å². The summed E-state index contributed by atoms with van der Waals surface area (Å²) in [7, 11) is 2.13. The lowest BCUT2D eigenvalue weighted by Gasteiger charge is -2.27. The first-order valence-electron chi connectivity index (χ1n) is 12.7. The second kappa shape index (κ2) is 7.80. The number of ether oxygens (including phenoxy) is 1. The molecule has 1 aliphatic heterocycles. The number of benzene rings is 4. The van der Waals surface area contributed by atoms with Crippen molar-refractivity contribution in [2.75, 3.05) is 0 Å². The van der Waals surface area contributed by atoms with Crippen molar-refractivity contribution in [2.45, 2.75) is 47.0 Å². The highest BCUT2D eigenvalue weighted by Gasteiger charge is 2.34. The molecule has 0 saturated heterocycles. The van der Waals surface area contributed by atoms with Crippen LogP contribution in [0.3, 0.4) is 0 Å². The Balaban J connectivity index is 1.77. The number of nitriles is 1. The normalized spacial score (nSPS) is 12.7. The topological polar surface area (TPSA) is 36.9 Å². The minimum atomic E-state index is -0.441. The molecular weight excluding hydrogens is 440 g/mol. The van der Waals surface area contributed by atoms with E-state index in [1.807, 2.05) is 13.8 Å². The van der Waals surface area contributed by atoms with Crippen molar-refractivity contribution < 1.29 is 9.30 Å². The molecule has 5 aromatic rings. The molecule has 3 heteroatoms. The highest BCUT2D eigenvalue weighted by Crippen LogP contribution is 2.53. The number of nitrogens with zero attached hydrogens (tertiary/aromatic N) is 2. The third kappa shape index (κ3) is 3.14. The summed E-state index contributed by atoms with van der Waals surface area (Å²) in [6, 6.07) is 22.1. The molecule has 0 fully saturated rings. The molecular formula is C33H31N2O+. The second-order valence-corrected chi connectivity index (χ2v) is 11.2. The van der Waals surface area contributed by atoms with Crippen molar-refractivity contribution in [3.8, 4) is 28.8 Å². The van der Waals surface area contributed by atoms with Gasteiger partial charge in [0.1, 0.15) is 18.5 Å². The smallest absolute Gasteiger partial charge is 0.228 e. The molecule has 3 nitrogen and oxygen atoms in total. The van der Waals surface area contributed by atoms with Crippen molar-refractivity contribution in [1.82, 2.24) is 0 Å². The van der Waals surface area contributed by atoms with Gasteiger partial charge in [-0.2, -0.15) is 5.26 Å². The minimum Gasteiger partial charge on any atom is -0.455 e. The Bertz CT molecular complexity index is 1770. The lowest BCUT2D eigenvalue weighted by atomic mass is 9.83. The maximum atomic E-state index is 9.70. The molecule has 0 radical (unpaired) electrons. The van der Waals surface area contributed by atoms with E-state index in [-0.39, 0.29) is 0 Å². The quantitative estimate of drug-likeness (QED) is 0.192. The lowest BCUT2D eigenvalue weighted by molar-refractivity contribution is -0.659. The monoisotopic (exact) mass is 471 g/mol. The summed E-state index contributed by atoms with van der Waals surface area (Å²) in [6.45, 7) is 10.7. The number of hydrogen-bond donors (Lipinski definition) is 0. The van der Waals surface area contributed by atoms with Gasteiger partial charge >= 0.3 is 0 Å². The van der Waals surface area contributed by atoms with Gasteiger partial charge in [-0.3, -0.25) is 0 Å². The van der Waals surface area contributed by atoms with Gasteiger partial charge in [0.2, 0.25) is 5.69 Å². The maximum absolute atomic E-state index is 9.70. The van der Waals surface area contributed by atoms with Crippen LogP contribution in [0.5, 0.6) is 11.5 Å². The lowest BCUT2D eigenvalue weighted by Crippen LogP contribution is -2.32. The molecule has 178 valence electrons. The SMILES string of the molecule is Cc1c2c(c(C(C)C)c3ccccc13)Oc1cc3c(CC(C)(C)C#N)cccc3c3cc[n+](C)c-2c13. The standard InChI is InChI=1S/C33H31N2O/c1-19(2)28-24-12-8-7-11-22(24)20(3)29-31-30-25(14-15-35(31)6)23-13-9-10-21(17-33(4,5)18-34)26(23)16-27(30)36-32(28)29/h7-16,19H,17H2,1-6H3/q+1. The number of fused-ring (bicyclic) bond motifs is 5.